The van der Waals surface area contributed by atoms with Crippen LogP contribution in [0.2, 0.25) is 0 Å². The van der Waals surface area contributed by atoms with Gasteiger partial charge in [0, 0.05) is 6.04 Å². The summed E-state index contributed by atoms with van der Waals surface area (Å²) in [4.78, 5) is 25.3. The molecule has 2 N–H and O–H groups in total. The molecule has 0 heterocycles. The highest BCUT2D eigenvalue weighted by atomic mass is 16.5. The van der Waals surface area contributed by atoms with Crippen LogP contribution in [0, 0.1) is 0 Å². The number of nitrogens with one attached hydrogen (secondary N) is 2. The second kappa shape index (κ2) is 9.59. The highest BCUT2D eigenvalue weighted by Crippen LogP contribution is 2.30. The van der Waals surface area contributed by atoms with Gasteiger partial charge in [0.05, 0.1) is 11.3 Å². The fraction of sp³-hybridized carbons (Fsp3) is 0.417. The highest BCUT2D eigenvalue weighted by Gasteiger charge is 2.21. The van der Waals surface area contributed by atoms with Gasteiger partial charge in [-0.1, -0.05) is 31.2 Å². The monoisotopic (exact) mass is 394 g/mol. The molecule has 2 atom stereocenters. The van der Waals surface area contributed by atoms with E-state index in [1.165, 1.54) is 17.5 Å². The van der Waals surface area contributed by atoms with Crippen LogP contribution in [0.25, 0.3) is 0 Å². The van der Waals surface area contributed by atoms with E-state index in [4.69, 9.17) is 4.74 Å². The van der Waals surface area contributed by atoms with Gasteiger partial charge in [-0.25, -0.2) is 0 Å². The summed E-state index contributed by atoms with van der Waals surface area (Å²) in [5, 5.41) is 5.80. The lowest BCUT2D eigenvalue weighted by molar-refractivity contribution is -0.122. The van der Waals surface area contributed by atoms with Crippen LogP contribution < -0.4 is 15.4 Å². The lowest BCUT2D eigenvalue weighted by Gasteiger charge is -2.22. The Balaban J connectivity index is 1.70. The van der Waals surface area contributed by atoms with Gasteiger partial charge in [0.15, 0.2) is 6.10 Å². The van der Waals surface area contributed by atoms with E-state index in [9.17, 15) is 9.59 Å². The maximum atomic E-state index is 12.8. The molecule has 2 aromatic rings. The van der Waals surface area contributed by atoms with E-state index in [0.29, 0.717) is 11.3 Å². The molecule has 1 aliphatic carbocycles. The van der Waals surface area contributed by atoms with Gasteiger partial charge in [-0.15, -0.1) is 0 Å². The van der Waals surface area contributed by atoms with Crippen LogP contribution in [-0.4, -0.2) is 24.0 Å². The minimum atomic E-state index is -0.672. The molecule has 2 amide bonds. The molecular weight excluding hydrogens is 364 g/mol. The van der Waals surface area contributed by atoms with Gasteiger partial charge < -0.3 is 15.4 Å². The number of aryl methyl sites for hydroxylation is 1. The second-order valence-corrected chi connectivity index (χ2v) is 7.68. The van der Waals surface area contributed by atoms with Gasteiger partial charge in [-0.05, 0) is 75.3 Å². The van der Waals surface area contributed by atoms with Gasteiger partial charge in [0.25, 0.3) is 11.8 Å². The van der Waals surface area contributed by atoms with Crippen molar-refractivity contribution in [2.24, 2.45) is 0 Å². The number of ether oxygens (including phenoxy) is 1. The summed E-state index contributed by atoms with van der Waals surface area (Å²) < 4.78 is 6.02. The number of hydrogen-bond donors (Lipinski definition) is 2. The van der Waals surface area contributed by atoms with Crippen molar-refractivity contribution in [1.29, 1.82) is 0 Å². The number of carbonyl (C=O) groups is 2. The average Bonchev–Trinajstić information content (AvgIpc) is 2.74. The van der Waals surface area contributed by atoms with E-state index in [0.717, 1.165) is 31.4 Å². The van der Waals surface area contributed by atoms with Crippen molar-refractivity contribution in [3.63, 3.8) is 0 Å². The number of rotatable bonds is 7. The summed E-state index contributed by atoms with van der Waals surface area (Å²) in [6.45, 7) is 5.70. The van der Waals surface area contributed by atoms with E-state index in [1.54, 1.807) is 31.2 Å². The third-order valence-corrected chi connectivity index (χ3v) is 5.45. The quantitative estimate of drug-likeness (QED) is 0.727. The number of carbonyl (C=O) groups excluding carboxylic acids is 2. The van der Waals surface area contributed by atoms with Crippen molar-refractivity contribution < 1.29 is 14.3 Å². The average molecular weight is 395 g/mol. The molecule has 3 rings (SSSR count). The summed E-state index contributed by atoms with van der Waals surface area (Å²) in [5.74, 6) is 0.316. The summed E-state index contributed by atoms with van der Waals surface area (Å²) in [7, 11) is 0. The lowest BCUT2D eigenvalue weighted by atomic mass is 9.91. The van der Waals surface area contributed by atoms with E-state index < -0.39 is 6.10 Å². The zero-order valence-corrected chi connectivity index (χ0v) is 17.5. The molecule has 5 heteroatoms. The largest absolute Gasteiger partial charge is 0.481 e. The van der Waals surface area contributed by atoms with Crippen molar-refractivity contribution in [2.75, 3.05) is 5.32 Å². The van der Waals surface area contributed by atoms with Crippen LogP contribution in [0.5, 0.6) is 5.75 Å². The summed E-state index contributed by atoms with van der Waals surface area (Å²) >= 11 is 0. The van der Waals surface area contributed by atoms with Gasteiger partial charge in [0.1, 0.15) is 5.75 Å². The second-order valence-electron chi connectivity index (χ2n) is 7.68. The first-order chi connectivity index (χ1) is 14.0. The normalized spacial score (nSPS) is 15.0. The Hall–Kier alpha value is -2.82. The molecule has 0 bridgehead atoms. The van der Waals surface area contributed by atoms with E-state index in [-0.39, 0.29) is 17.9 Å². The number of benzene rings is 2. The summed E-state index contributed by atoms with van der Waals surface area (Å²) in [6, 6.07) is 13.2. The summed E-state index contributed by atoms with van der Waals surface area (Å²) in [5.41, 5.74) is 3.47. The van der Waals surface area contributed by atoms with Gasteiger partial charge in [-0.3, -0.25) is 9.59 Å². The molecule has 0 radical (unpaired) electrons. The fourth-order valence-electron chi connectivity index (χ4n) is 3.53. The number of anilines is 1. The van der Waals surface area contributed by atoms with E-state index >= 15 is 0 Å². The smallest absolute Gasteiger partial charge is 0.265 e. The number of para-hydroxylation sites is 1. The molecular formula is C24H30N2O3. The minimum absolute atomic E-state index is 0.0674. The zero-order chi connectivity index (χ0) is 20.8. The Kier molecular flexibility index (Phi) is 6.91. The Bertz CT molecular complexity index is 878. The molecule has 1 aliphatic rings. The van der Waals surface area contributed by atoms with E-state index in [1.807, 2.05) is 26.0 Å². The van der Waals surface area contributed by atoms with Crippen LogP contribution in [0.4, 0.5) is 5.69 Å². The van der Waals surface area contributed by atoms with Crippen LogP contribution in [0.3, 0.4) is 0 Å². The predicted molar refractivity (Wildman–Crippen MR) is 115 cm³/mol. The van der Waals surface area contributed by atoms with Crippen LogP contribution in [-0.2, 0) is 17.6 Å². The first-order valence-corrected chi connectivity index (χ1v) is 10.5. The van der Waals surface area contributed by atoms with Gasteiger partial charge in [-0.2, -0.15) is 0 Å². The fourth-order valence-corrected chi connectivity index (χ4v) is 3.53. The molecule has 29 heavy (non-hydrogen) atoms. The van der Waals surface area contributed by atoms with Gasteiger partial charge >= 0.3 is 0 Å². The summed E-state index contributed by atoms with van der Waals surface area (Å²) in [6.07, 6.45) is 4.56. The maximum absolute atomic E-state index is 12.8. The zero-order valence-electron chi connectivity index (χ0n) is 17.5. The topological polar surface area (TPSA) is 67.4 Å². The van der Waals surface area contributed by atoms with E-state index in [2.05, 4.69) is 16.7 Å². The standard InChI is InChI=1S/C24H30N2O3/c1-4-16(2)25-24(28)20-13-7-8-14-21(20)26-23(27)17(3)29-22-15-9-11-18-10-5-6-12-19(18)22/h7-9,11,13-17H,4-6,10,12H2,1-3H3,(H,25,28)(H,26,27)/t16-,17-/m0/s1. The highest BCUT2D eigenvalue weighted by molar-refractivity contribution is 6.04. The molecule has 0 unspecified atom stereocenters. The van der Waals surface area contributed by atoms with Crippen LogP contribution >= 0.6 is 0 Å². The number of fused-ring (bicyclic) bond motifs is 1. The Labute approximate surface area is 172 Å². The molecule has 0 aliphatic heterocycles. The molecule has 0 saturated heterocycles. The van der Waals surface area contributed by atoms with Crippen molar-refractivity contribution in [2.45, 2.75) is 65.0 Å². The molecule has 0 spiro atoms. The molecule has 2 aromatic carbocycles. The maximum Gasteiger partial charge on any atom is 0.265 e. The molecule has 0 fully saturated rings. The number of amides is 2. The van der Waals surface area contributed by atoms with Gasteiger partial charge in [0.2, 0.25) is 0 Å². The predicted octanol–water partition coefficient (Wildman–Crippen LogP) is 4.50. The Morgan fingerprint density at radius 1 is 1.03 bits per heavy atom. The third-order valence-electron chi connectivity index (χ3n) is 5.45. The van der Waals surface area contributed by atoms with Crippen molar-refractivity contribution in [1.82, 2.24) is 5.32 Å². The third kappa shape index (κ3) is 5.17. The lowest BCUT2D eigenvalue weighted by Crippen LogP contribution is -2.34. The Morgan fingerprint density at radius 2 is 1.79 bits per heavy atom. The molecule has 154 valence electrons. The van der Waals surface area contributed by atoms with Crippen LogP contribution in [0.15, 0.2) is 42.5 Å². The van der Waals surface area contributed by atoms with Crippen molar-refractivity contribution in [3.8, 4) is 5.75 Å². The van der Waals surface area contributed by atoms with Crippen LogP contribution in [0.1, 0.15) is 61.5 Å². The first-order valence-electron chi connectivity index (χ1n) is 10.5. The SMILES string of the molecule is CC[C@H](C)NC(=O)c1ccccc1NC(=O)[C@H](C)Oc1cccc2c1CCCC2. The van der Waals surface area contributed by atoms with Crippen molar-refractivity contribution >= 4 is 17.5 Å². The Morgan fingerprint density at radius 3 is 2.59 bits per heavy atom. The van der Waals surface area contributed by atoms with Crippen molar-refractivity contribution in [3.05, 3.63) is 59.2 Å². The number of hydrogen-bond acceptors (Lipinski definition) is 3. The molecule has 0 saturated carbocycles. The first kappa shape index (κ1) is 20.9. The molecule has 5 nitrogen and oxygen atoms in total. The molecule has 0 aromatic heterocycles. The minimum Gasteiger partial charge on any atom is -0.481 e.